The standard InChI is InChI=1S/C18H12ClNO3S/c19-18-12-6-2-4-8-15(12)24-16(18)10-22-17(21)9-13-11-5-1-3-7-14(11)23-20-13/h1-8H,9-10H2. The summed E-state index contributed by atoms with van der Waals surface area (Å²) >= 11 is 7.89. The van der Waals surface area contributed by atoms with Crippen LogP contribution in [0.5, 0.6) is 0 Å². The molecule has 120 valence electrons. The van der Waals surface area contributed by atoms with E-state index >= 15 is 0 Å². The number of halogens is 1. The van der Waals surface area contributed by atoms with Crippen LogP contribution in [0.25, 0.3) is 21.1 Å². The van der Waals surface area contributed by atoms with E-state index < -0.39 is 0 Å². The lowest BCUT2D eigenvalue weighted by molar-refractivity contribution is -0.144. The van der Waals surface area contributed by atoms with Gasteiger partial charge in [-0.2, -0.15) is 0 Å². The lowest BCUT2D eigenvalue weighted by atomic mass is 10.2. The van der Waals surface area contributed by atoms with Gasteiger partial charge in [-0.25, -0.2) is 0 Å². The minimum Gasteiger partial charge on any atom is -0.460 e. The van der Waals surface area contributed by atoms with E-state index in [4.69, 9.17) is 20.9 Å². The Labute approximate surface area is 146 Å². The molecular formula is C18H12ClNO3S. The van der Waals surface area contributed by atoms with E-state index in [1.807, 2.05) is 48.5 Å². The molecule has 0 N–H and O–H groups in total. The topological polar surface area (TPSA) is 52.3 Å². The Kier molecular flexibility index (Phi) is 3.96. The lowest BCUT2D eigenvalue weighted by Crippen LogP contribution is -2.08. The zero-order valence-corrected chi connectivity index (χ0v) is 14.1. The molecule has 2 aromatic carbocycles. The van der Waals surface area contributed by atoms with Crippen molar-refractivity contribution in [3.8, 4) is 0 Å². The molecule has 0 amide bonds. The van der Waals surface area contributed by atoms with Crippen LogP contribution in [0.15, 0.2) is 53.1 Å². The first-order valence-electron chi connectivity index (χ1n) is 7.37. The molecule has 0 bridgehead atoms. The maximum absolute atomic E-state index is 12.1. The SMILES string of the molecule is O=C(Cc1noc2ccccc12)OCc1sc2ccccc2c1Cl. The Bertz CT molecular complexity index is 1040. The van der Waals surface area contributed by atoms with Crippen LogP contribution in [0.3, 0.4) is 0 Å². The van der Waals surface area contributed by atoms with E-state index in [0.29, 0.717) is 16.3 Å². The maximum atomic E-state index is 12.1. The number of esters is 1. The third kappa shape index (κ3) is 2.77. The second kappa shape index (κ2) is 6.26. The molecule has 0 spiro atoms. The molecule has 0 atom stereocenters. The van der Waals surface area contributed by atoms with Crippen molar-refractivity contribution >= 4 is 50.0 Å². The second-order valence-electron chi connectivity index (χ2n) is 5.30. The fourth-order valence-electron chi connectivity index (χ4n) is 2.56. The summed E-state index contributed by atoms with van der Waals surface area (Å²) in [6, 6.07) is 15.3. The van der Waals surface area contributed by atoms with Crippen molar-refractivity contribution in [1.82, 2.24) is 5.16 Å². The van der Waals surface area contributed by atoms with Gasteiger partial charge in [0.25, 0.3) is 0 Å². The highest BCUT2D eigenvalue weighted by molar-refractivity contribution is 7.19. The van der Waals surface area contributed by atoms with Gasteiger partial charge in [0.15, 0.2) is 5.58 Å². The van der Waals surface area contributed by atoms with E-state index in [9.17, 15) is 4.79 Å². The highest BCUT2D eigenvalue weighted by atomic mass is 35.5. The molecule has 24 heavy (non-hydrogen) atoms. The average molecular weight is 358 g/mol. The van der Waals surface area contributed by atoms with Gasteiger partial charge in [-0.1, -0.05) is 47.1 Å². The number of hydrogen-bond donors (Lipinski definition) is 0. The molecule has 4 aromatic rings. The molecule has 4 rings (SSSR count). The van der Waals surface area contributed by atoms with Gasteiger partial charge in [0.1, 0.15) is 12.3 Å². The van der Waals surface area contributed by atoms with Crippen LogP contribution in [-0.4, -0.2) is 11.1 Å². The largest absolute Gasteiger partial charge is 0.460 e. The van der Waals surface area contributed by atoms with Gasteiger partial charge in [-0.05, 0) is 18.2 Å². The van der Waals surface area contributed by atoms with Crippen molar-refractivity contribution in [3.63, 3.8) is 0 Å². The summed E-state index contributed by atoms with van der Waals surface area (Å²) in [6.45, 7) is 0.160. The van der Waals surface area contributed by atoms with Crippen molar-refractivity contribution in [2.75, 3.05) is 0 Å². The Morgan fingerprint density at radius 2 is 1.88 bits per heavy atom. The number of ether oxygens (including phenoxy) is 1. The fraction of sp³-hybridized carbons (Fsp3) is 0.111. The Balaban J connectivity index is 1.47. The van der Waals surface area contributed by atoms with Crippen molar-refractivity contribution in [2.45, 2.75) is 13.0 Å². The molecular weight excluding hydrogens is 346 g/mol. The summed E-state index contributed by atoms with van der Waals surface area (Å²) in [5.41, 5.74) is 1.24. The van der Waals surface area contributed by atoms with Crippen molar-refractivity contribution in [3.05, 3.63) is 64.1 Å². The molecule has 0 aliphatic heterocycles. The van der Waals surface area contributed by atoms with Gasteiger partial charge in [-0.3, -0.25) is 4.79 Å². The molecule has 0 aliphatic carbocycles. The number of fused-ring (bicyclic) bond motifs is 2. The molecule has 6 heteroatoms. The van der Waals surface area contributed by atoms with Crippen LogP contribution in [0.4, 0.5) is 0 Å². The minimum absolute atomic E-state index is 0.0690. The number of carbonyl (C=O) groups excluding carboxylic acids is 1. The van der Waals surface area contributed by atoms with Gasteiger partial charge >= 0.3 is 5.97 Å². The Morgan fingerprint density at radius 1 is 1.12 bits per heavy atom. The summed E-state index contributed by atoms with van der Waals surface area (Å²) in [5.74, 6) is -0.359. The van der Waals surface area contributed by atoms with Crippen LogP contribution in [0.1, 0.15) is 10.6 Å². The quantitative estimate of drug-likeness (QED) is 0.483. The summed E-state index contributed by atoms with van der Waals surface area (Å²) in [7, 11) is 0. The van der Waals surface area contributed by atoms with E-state index in [1.54, 1.807) is 0 Å². The molecule has 2 aromatic heterocycles. The van der Waals surface area contributed by atoms with Crippen LogP contribution in [0.2, 0.25) is 5.02 Å². The first kappa shape index (κ1) is 15.2. The van der Waals surface area contributed by atoms with Gasteiger partial charge in [0.2, 0.25) is 0 Å². The second-order valence-corrected chi connectivity index (χ2v) is 6.81. The number of thiophene rings is 1. The third-order valence-corrected chi connectivity index (χ3v) is 5.42. The maximum Gasteiger partial charge on any atom is 0.312 e. The molecule has 0 aliphatic rings. The Hall–Kier alpha value is -2.37. The number of carbonyl (C=O) groups is 1. The number of benzene rings is 2. The third-order valence-electron chi connectivity index (χ3n) is 3.73. The van der Waals surface area contributed by atoms with Gasteiger partial charge in [0.05, 0.1) is 16.3 Å². The number of para-hydroxylation sites is 1. The molecule has 0 radical (unpaired) electrons. The summed E-state index contributed by atoms with van der Waals surface area (Å²) in [4.78, 5) is 13.0. The molecule has 0 saturated heterocycles. The van der Waals surface area contributed by atoms with E-state index in [0.717, 1.165) is 20.3 Å². The predicted octanol–water partition coefficient (Wildman–Crippen LogP) is 4.98. The Morgan fingerprint density at radius 3 is 2.71 bits per heavy atom. The zero-order valence-electron chi connectivity index (χ0n) is 12.5. The molecule has 4 nitrogen and oxygen atoms in total. The summed E-state index contributed by atoms with van der Waals surface area (Å²) in [6.07, 6.45) is 0.0690. The summed E-state index contributed by atoms with van der Waals surface area (Å²) < 4.78 is 11.6. The highest BCUT2D eigenvalue weighted by Gasteiger charge is 2.15. The molecule has 0 saturated carbocycles. The van der Waals surface area contributed by atoms with E-state index in [1.165, 1.54) is 11.3 Å². The van der Waals surface area contributed by atoms with Crippen molar-refractivity contribution in [1.29, 1.82) is 0 Å². The number of hydrogen-bond acceptors (Lipinski definition) is 5. The molecule has 0 fully saturated rings. The van der Waals surface area contributed by atoms with Crippen LogP contribution in [0, 0.1) is 0 Å². The zero-order chi connectivity index (χ0) is 16.5. The van der Waals surface area contributed by atoms with Gasteiger partial charge in [0, 0.05) is 15.5 Å². The fourth-order valence-corrected chi connectivity index (χ4v) is 3.96. The van der Waals surface area contributed by atoms with Crippen LogP contribution < -0.4 is 0 Å². The summed E-state index contributed by atoms with van der Waals surface area (Å²) in [5, 5.41) is 6.40. The van der Waals surface area contributed by atoms with Crippen LogP contribution >= 0.6 is 22.9 Å². The number of aromatic nitrogens is 1. The average Bonchev–Trinajstić information content (AvgIpc) is 3.15. The number of nitrogens with zero attached hydrogens (tertiary/aromatic N) is 1. The van der Waals surface area contributed by atoms with E-state index in [-0.39, 0.29) is 19.0 Å². The van der Waals surface area contributed by atoms with Gasteiger partial charge < -0.3 is 9.26 Å². The van der Waals surface area contributed by atoms with Crippen molar-refractivity contribution < 1.29 is 14.1 Å². The van der Waals surface area contributed by atoms with Crippen LogP contribution in [-0.2, 0) is 22.6 Å². The molecule has 0 unspecified atom stereocenters. The minimum atomic E-state index is -0.359. The first-order chi connectivity index (χ1) is 11.7. The number of rotatable bonds is 4. The van der Waals surface area contributed by atoms with Crippen molar-refractivity contribution in [2.24, 2.45) is 0 Å². The lowest BCUT2D eigenvalue weighted by Gasteiger charge is -2.02. The van der Waals surface area contributed by atoms with E-state index in [2.05, 4.69) is 5.16 Å². The molecule has 2 heterocycles. The normalized spacial score (nSPS) is 11.2. The highest BCUT2D eigenvalue weighted by Crippen LogP contribution is 2.35. The monoisotopic (exact) mass is 357 g/mol. The van der Waals surface area contributed by atoms with Gasteiger partial charge in [-0.15, -0.1) is 11.3 Å². The first-order valence-corrected chi connectivity index (χ1v) is 8.56. The smallest absolute Gasteiger partial charge is 0.312 e. The predicted molar refractivity (Wildman–Crippen MR) is 94.3 cm³/mol.